The van der Waals surface area contributed by atoms with Crippen molar-refractivity contribution in [2.45, 2.75) is 6.42 Å². The molecular formula is C16H13N5. The third-order valence-electron chi connectivity index (χ3n) is 3.73. The van der Waals surface area contributed by atoms with Gasteiger partial charge in [0.25, 0.3) is 0 Å². The van der Waals surface area contributed by atoms with E-state index >= 15 is 0 Å². The van der Waals surface area contributed by atoms with Crippen LogP contribution in [0.5, 0.6) is 0 Å². The molecule has 0 saturated heterocycles. The molecule has 0 saturated carbocycles. The van der Waals surface area contributed by atoms with Crippen molar-refractivity contribution in [3.63, 3.8) is 0 Å². The van der Waals surface area contributed by atoms with Gasteiger partial charge in [-0.3, -0.25) is 0 Å². The summed E-state index contributed by atoms with van der Waals surface area (Å²) in [7, 11) is 0. The van der Waals surface area contributed by atoms with Crippen molar-refractivity contribution >= 4 is 11.9 Å². The zero-order chi connectivity index (χ0) is 14.4. The number of rotatable bonds is 1. The van der Waals surface area contributed by atoms with Crippen LogP contribution in [0.1, 0.15) is 11.1 Å². The van der Waals surface area contributed by atoms with E-state index in [1.54, 1.807) is 0 Å². The van der Waals surface area contributed by atoms with Gasteiger partial charge in [-0.25, -0.2) is 0 Å². The molecule has 0 spiro atoms. The monoisotopic (exact) mass is 275 g/mol. The average Bonchev–Trinajstić information content (AvgIpc) is 2.84. The molecule has 21 heavy (non-hydrogen) atoms. The van der Waals surface area contributed by atoms with E-state index in [1.165, 1.54) is 22.3 Å². The van der Waals surface area contributed by atoms with Gasteiger partial charge in [-0.05, 0) is 34.7 Å². The summed E-state index contributed by atoms with van der Waals surface area (Å²) in [6.45, 7) is 0. The highest BCUT2D eigenvalue weighted by Crippen LogP contribution is 2.38. The highest BCUT2D eigenvalue weighted by molar-refractivity contribution is 5.80. The third-order valence-corrected chi connectivity index (χ3v) is 3.73. The van der Waals surface area contributed by atoms with Crippen molar-refractivity contribution in [2.24, 2.45) is 0 Å². The van der Waals surface area contributed by atoms with E-state index in [-0.39, 0.29) is 11.9 Å². The fourth-order valence-electron chi connectivity index (χ4n) is 2.80. The fourth-order valence-corrected chi connectivity index (χ4v) is 2.80. The fraction of sp³-hybridized carbons (Fsp3) is 0.0625. The maximum atomic E-state index is 5.64. The number of nitrogens with zero attached hydrogens (tertiary/aromatic N) is 3. The number of benzene rings is 2. The SMILES string of the molecule is Nc1nc(N)nc(-c2ccc3c(c2)-c2ccccc2C3)n1. The van der Waals surface area contributed by atoms with E-state index in [2.05, 4.69) is 51.4 Å². The minimum absolute atomic E-state index is 0.137. The first kappa shape index (κ1) is 11.8. The predicted molar refractivity (Wildman–Crippen MR) is 82.3 cm³/mol. The van der Waals surface area contributed by atoms with Crippen LogP contribution in [0.4, 0.5) is 11.9 Å². The standard InChI is InChI=1S/C16H13N5/c17-15-19-14(20-16(18)21-15)11-6-5-10-7-9-3-1-2-4-12(9)13(10)8-11/h1-6,8H,7H2,(H4,17,18,19,20,21). The first-order valence-corrected chi connectivity index (χ1v) is 6.69. The van der Waals surface area contributed by atoms with Crippen LogP contribution in [-0.4, -0.2) is 15.0 Å². The predicted octanol–water partition coefficient (Wildman–Crippen LogP) is 2.27. The molecule has 102 valence electrons. The van der Waals surface area contributed by atoms with Crippen LogP contribution in [-0.2, 0) is 6.42 Å². The molecule has 0 aliphatic heterocycles. The van der Waals surface area contributed by atoms with Crippen molar-refractivity contribution in [3.05, 3.63) is 53.6 Å². The van der Waals surface area contributed by atoms with Crippen molar-refractivity contribution in [1.82, 2.24) is 15.0 Å². The molecular weight excluding hydrogens is 262 g/mol. The molecule has 0 amide bonds. The Labute approximate surface area is 121 Å². The Morgan fingerprint density at radius 1 is 0.762 bits per heavy atom. The smallest absolute Gasteiger partial charge is 0.225 e. The molecule has 2 aromatic carbocycles. The quantitative estimate of drug-likeness (QED) is 0.556. The summed E-state index contributed by atoms with van der Waals surface area (Å²) in [4.78, 5) is 12.1. The van der Waals surface area contributed by atoms with Gasteiger partial charge in [0.2, 0.25) is 11.9 Å². The van der Waals surface area contributed by atoms with Crippen molar-refractivity contribution < 1.29 is 0 Å². The lowest BCUT2D eigenvalue weighted by Gasteiger charge is -2.06. The lowest BCUT2D eigenvalue weighted by molar-refractivity contribution is 1.09. The largest absolute Gasteiger partial charge is 0.368 e. The first-order chi connectivity index (χ1) is 10.2. The van der Waals surface area contributed by atoms with E-state index in [0.29, 0.717) is 5.82 Å². The molecule has 0 bridgehead atoms. The maximum absolute atomic E-state index is 5.64. The Kier molecular flexibility index (Phi) is 2.41. The van der Waals surface area contributed by atoms with Gasteiger partial charge in [0.05, 0.1) is 0 Å². The van der Waals surface area contributed by atoms with Gasteiger partial charge in [-0.2, -0.15) is 15.0 Å². The average molecular weight is 275 g/mol. The van der Waals surface area contributed by atoms with E-state index in [1.807, 2.05) is 6.07 Å². The lowest BCUT2D eigenvalue weighted by Crippen LogP contribution is -2.04. The summed E-state index contributed by atoms with van der Waals surface area (Å²) >= 11 is 0. The van der Waals surface area contributed by atoms with Crippen LogP contribution >= 0.6 is 0 Å². The van der Waals surface area contributed by atoms with Gasteiger partial charge in [-0.1, -0.05) is 36.4 Å². The summed E-state index contributed by atoms with van der Waals surface area (Å²) in [5.41, 5.74) is 17.3. The molecule has 1 aliphatic rings. The Hall–Kier alpha value is -2.95. The second-order valence-corrected chi connectivity index (χ2v) is 5.08. The summed E-state index contributed by atoms with van der Waals surface area (Å²) in [6, 6.07) is 14.6. The van der Waals surface area contributed by atoms with Crippen molar-refractivity contribution in [1.29, 1.82) is 0 Å². The molecule has 4 N–H and O–H groups in total. The van der Waals surface area contributed by atoms with Crippen LogP contribution in [0.25, 0.3) is 22.5 Å². The number of aromatic nitrogens is 3. The number of hydrogen-bond acceptors (Lipinski definition) is 5. The Morgan fingerprint density at radius 2 is 1.48 bits per heavy atom. The number of fused-ring (bicyclic) bond motifs is 3. The number of anilines is 2. The van der Waals surface area contributed by atoms with Gasteiger partial charge < -0.3 is 11.5 Å². The van der Waals surface area contributed by atoms with Gasteiger partial charge >= 0.3 is 0 Å². The summed E-state index contributed by atoms with van der Waals surface area (Å²) in [5.74, 6) is 0.781. The van der Waals surface area contributed by atoms with Gasteiger partial charge in [0, 0.05) is 5.56 Å². The highest BCUT2D eigenvalue weighted by atomic mass is 15.1. The minimum atomic E-state index is 0.137. The van der Waals surface area contributed by atoms with Gasteiger partial charge in [0.15, 0.2) is 5.82 Å². The molecule has 0 unspecified atom stereocenters. The molecule has 0 atom stereocenters. The molecule has 3 aromatic rings. The molecule has 0 radical (unpaired) electrons. The highest BCUT2D eigenvalue weighted by Gasteiger charge is 2.18. The third kappa shape index (κ3) is 1.90. The van der Waals surface area contributed by atoms with Crippen molar-refractivity contribution in [2.75, 3.05) is 11.5 Å². The summed E-state index contributed by atoms with van der Waals surface area (Å²) < 4.78 is 0. The Balaban J connectivity index is 1.88. The molecule has 1 aliphatic carbocycles. The molecule has 0 fully saturated rings. The van der Waals surface area contributed by atoms with Crippen LogP contribution < -0.4 is 11.5 Å². The van der Waals surface area contributed by atoms with Crippen LogP contribution in [0, 0.1) is 0 Å². The molecule has 5 heteroatoms. The summed E-state index contributed by atoms with van der Waals surface area (Å²) in [5, 5.41) is 0. The molecule has 1 aromatic heterocycles. The number of nitrogens with two attached hydrogens (primary N) is 2. The molecule has 5 nitrogen and oxygen atoms in total. The van der Waals surface area contributed by atoms with Crippen molar-refractivity contribution in [3.8, 4) is 22.5 Å². The minimum Gasteiger partial charge on any atom is -0.368 e. The Bertz CT molecular complexity index is 837. The Morgan fingerprint density at radius 3 is 2.29 bits per heavy atom. The number of hydrogen-bond donors (Lipinski definition) is 2. The maximum Gasteiger partial charge on any atom is 0.225 e. The van der Waals surface area contributed by atoms with E-state index in [0.717, 1.165) is 12.0 Å². The zero-order valence-corrected chi connectivity index (χ0v) is 11.2. The molecule has 4 rings (SSSR count). The zero-order valence-electron chi connectivity index (χ0n) is 11.2. The second kappa shape index (κ2) is 4.28. The lowest BCUT2D eigenvalue weighted by atomic mass is 10.0. The normalized spacial score (nSPS) is 12.0. The first-order valence-electron chi connectivity index (χ1n) is 6.69. The summed E-state index contributed by atoms with van der Waals surface area (Å²) in [6.07, 6.45) is 0.966. The van der Waals surface area contributed by atoms with Gasteiger partial charge in [-0.15, -0.1) is 0 Å². The van der Waals surface area contributed by atoms with Crippen LogP contribution in [0.2, 0.25) is 0 Å². The van der Waals surface area contributed by atoms with E-state index in [4.69, 9.17) is 11.5 Å². The molecule has 1 heterocycles. The van der Waals surface area contributed by atoms with Crippen LogP contribution in [0.3, 0.4) is 0 Å². The topological polar surface area (TPSA) is 90.7 Å². The van der Waals surface area contributed by atoms with Gasteiger partial charge in [0.1, 0.15) is 0 Å². The van der Waals surface area contributed by atoms with E-state index < -0.39 is 0 Å². The van der Waals surface area contributed by atoms with E-state index in [9.17, 15) is 0 Å². The number of nitrogen functional groups attached to an aromatic ring is 2. The van der Waals surface area contributed by atoms with Crippen LogP contribution in [0.15, 0.2) is 42.5 Å². The second-order valence-electron chi connectivity index (χ2n) is 5.08.